The second-order valence-electron chi connectivity index (χ2n) is 0.513. The van der Waals surface area contributed by atoms with Crippen molar-refractivity contribution in [1.82, 2.24) is 0 Å². The maximum Gasteiger partial charge on any atom is 0 e. The Bertz CT molecular complexity index is 64.7. The second kappa shape index (κ2) is 13.0. The zero-order chi connectivity index (χ0) is 4.50. The molecule has 1 radical (unpaired) electrons. The van der Waals surface area contributed by atoms with Gasteiger partial charge in [0.25, 0.3) is 0 Å². The van der Waals surface area contributed by atoms with Crippen molar-refractivity contribution in [3.63, 3.8) is 0 Å². The van der Waals surface area contributed by atoms with Crippen molar-refractivity contribution in [1.29, 1.82) is 0 Å². The third-order valence-electron chi connectivity index (χ3n) is 0. The van der Waals surface area contributed by atoms with Crippen molar-refractivity contribution in [2.75, 3.05) is 0 Å². The van der Waals surface area contributed by atoms with Gasteiger partial charge in [-0.25, -0.2) is 4.57 Å². The second-order valence-corrected chi connectivity index (χ2v) is 1.54. The van der Waals surface area contributed by atoms with Gasteiger partial charge in [0.15, 0.2) is 0 Å². The fourth-order valence-electron chi connectivity index (χ4n) is 0. The molecule has 4 nitrogen and oxygen atoms in total. The monoisotopic (exact) mass is 225 g/mol. The van der Waals surface area contributed by atoms with Gasteiger partial charge >= 0.3 is 45.5 Å². The molecule has 0 saturated heterocycles. The van der Waals surface area contributed by atoms with Crippen molar-refractivity contribution in [3.8, 4) is 0 Å². The summed E-state index contributed by atoms with van der Waals surface area (Å²) in [7, 11) is -4.64. The van der Waals surface area contributed by atoms with E-state index in [1.807, 2.05) is 0 Å². The van der Waals surface area contributed by atoms with Crippen LogP contribution in [0.2, 0.25) is 0 Å². The molecule has 0 aliphatic carbocycles. The summed E-state index contributed by atoms with van der Waals surface area (Å²) < 4.78 is 8.88. The standard InChI is InChI=1S/Fe.2Li.Mn.H3O4P.2H/c;;;;1-5(2,3)4;;/h;;;;(H3,1,2,3,4);;. The summed E-state index contributed by atoms with van der Waals surface area (Å²) in [5, 5.41) is 0. The molecule has 9 heavy (non-hydrogen) atoms. The first-order chi connectivity index (χ1) is 2.00. The van der Waals surface area contributed by atoms with Crippen LogP contribution in [0, 0.1) is 0 Å². The molecular weight excluding hydrogens is 220 g/mol. The van der Waals surface area contributed by atoms with Crippen molar-refractivity contribution in [3.05, 3.63) is 0 Å². The van der Waals surface area contributed by atoms with Crippen LogP contribution in [0.25, 0.3) is 0 Å². The fraction of sp³-hybridized carbons (Fsp3) is 0. The van der Waals surface area contributed by atoms with Crippen LogP contribution in [-0.2, 0) is 38.7 Å². The minimum Gasteiger partial charge on any atom is 0 e. The molecule has 0 heterocycles. The molecule has 0 atom stereocenters. The van der Waals surface area contributed by atoms with Gasteiger partial charge in [-0.15, -0.1) is 0 Å². The quantitative estimate of drug-likeness (QED) is 0.322. The number of rotatable bonds is 0. The molecule has 0 aromatic rings. The van der Waals surface area contributed by atoms with E-state index in [9.17, 15) is 0 Å². The molecule has 0 fully saturated rings. The Kier molecular flexibility index (Phi) is 43.5. The molecule has 51 valence electrons. The Labute approximate surface area is 98.1 Å². The summed E-state index contributed by atoms with van der Waals surface area (Å²) in [5.74, 6) is 0. The van der Waals surface area contributed by atoms with Crippen LogP contribution in [0.4, 0.5) is 0 Å². The molecule has 0 aliphatic rings. The molecule has 9 heteroatoms. The van der Waals surface area contributed by atoms with Crippen molar-refractivity contribution < 1.29 is 53.4 Å². The predicted molar refractivity (Wildman–Crippen MR) is 28.6 cm³/mol. The molecule has 3 N–H and O–H groups in total. The molecule has 0 aliphatic heterocycles. The number of hydrogen-bond donors (Lipinski definition) is 3. The van der Waals surface area contributed by atoms with Crippen LogP contribution in [-0.4, -0.2) is 52.4 Å². The van der Waals surface area contributed by atoms with Crippen molar-refractivity contribution in [2.45, 2.75) is 0 Å². The maximum atomic E-state index is 8.88. The Hall–Kier alpha value is 2.34. The third-order valence-corrected chi connectivity index (χ3v) is 0. The Balaban J connectivity index is -0.0000000133. The summed E-state index contributed by atoms with van der Waals surface area (Å²) in [5.41, 5.74) is 0. The van der Waals surface area contributed by atoms with E-state index in [4.69, 9.17) is 19.2 Å². The van der Waals surface area contributed by atoms with E-state index in [1.165, 1.54) is 0 Å². The summed E-state index contributed by atoms with van der Waals surface area (Å²) in [6, 6.07) is 0. The summed E-state index contributed by atoms with van der Waals surface area (Å²) >= 11 is 0. The van der Waals surface area contributed by atoms with Crippen LogP contribution in [0.1, 0.15) is 0 Å². The molecule has 0 aromatic heterocycles. The normalized spacial score (nSPS) is 6.56. The first kappa shape index (κ1) is 30.2. The summed E-state index contributed by atoms with van der Waals surface area (Å²) in [6.45, 7) is 0. The summed E-state index contributed by atoms with van der Waals surface area (Å²) in [6.07, 6.45) is 0. The van der Waals surface area contributed by atoms with Crippen LogP contribution < -0.4 is 0 Å². The molecule has 0 rings (SSSR count). The minimum atomic E-state index is -4.64. The van der Waals surface area contributed by atoms with Gasteiger partial charge in [0.1, 0.15) is 0 Å². The van der Waals surface area contributed by atoms with Crippen molar-refractivity contribution in [2.24, 2.45) is 0 Å². The van der Waals surface area contributed by atoms with Gasteiger partial charge in [-0.3, -0.25) is 0 Å². The molecule has 0 unspecified atom stereocenters. The van der Waals surface area contributed by atoms with Crippen LogP contribution >= 0.6 is 7.82 Å². The van der Waals surface area contributed by atoms with E-state index < -0.39 is 7.82 Å². The number of hydrogen-bond acceptors (Lipinski definition) is 1. The molecule has 0 spiro atoms. The van der Waals surface area contributed by atoms with Crippen LogP contribution in [0.3, 0.4) is 0 Å². The van der Waals surface area contributed by atoms with E-state index in [1.54, 1.807) is 0 Å². The van der Waals surface area contributed by atoms with Gasteiger partial charge < -0.3 is 14.7 Å². The van der Waals surface area contributed by atoms with Gasteiger partial charge in [0.05, 0.1) is 0 Å². The molecule has 0 amide bonds. The van der Waals surface area contributed by atoms with Crippen LogP contribution in [0.5, 0.6) is 0 Å². The van der Waals surface area contributed by atoms with E-state index in [-0.39, 0.29) is 71.9 Å². The summed E-state index contributed by atoms with van der Waals surface area (Å²) in [4.78, 5) is 21.6. The topological polar surface area (TPSA) is 77.8 Å². The van der Waals surface area contributed by atoms with Crippen molar-refractivity contribution >= 4 is 45.5 Å². The molecular formula is H5FeLi2MnO4P. The average Bonchev–Trinajstić information content (AvgIpc) is 0.722. The Morgan fingerprint density at radius 3 is 1.00 bits per heavy atom. The SMILES string of the molecule is O=P(O)(O)O.[Fe].[LiH].[LiH].[Mn]. The number of phosphoric acid groups is 1. The van der Waals surface area contributed by atoms with E-state index in [0.717, 1.165) is 0 Å². The van der Waals surface area contributed by atoms with E-state index in [2.05, 4.69) is 0 Å². The zero-order valence-electron chi connectivity index (χ0n) is 2.93. The van der Waals surface area contributed by atoms with E-state index in [0.29, 0.717) is 0 Å². The van der Waals surface area contributed by atoms with Gasteiger partial charge in [-0.1, -0.05) is 0 Å². The fourth-order valence-corrected chi connectivity index (χ4v) is 0. The molecule has 0 aromatic carbocycles. The van der Waals surface area contributed by atoms with Gasteiger partial charge in [0.2, 0.25) is 0 Å². The molecule has 0 bridgehead atoms. The maximum absolute atomic E-state index is 8.88. The largest absolute Gasteiger partial charge is 0 e. The predicted octanol–water partition coefficient (Wildman–Crippen LogP) is -2.23. The third kappa shape index (κ3) is 131. The first-order valence-electron chi connectivity index (χ1n) is 0.783. The Morgan fingerprint density at radius 1 is 1.00 bits per heavy atom. The van der Waals surface area contributed by atoms with Gasteiger partial charge in [0, 0.05) is 34.1 Å². The minimum absolute atomic E-state index is 0. The van der Waals surface area contributed by atoms with Crippen LogP contribution in [0.15, 0.2) is 0 Å². The first-order valence-corrected chi connectivity index (χ1v) is 2.35. The Morgan fingerprint density at radius 2 is 1.00 bits per heavy atom. The zero-order valence-corrected chi connectivity index (χ0v) is 6.11. The molecule has 0 saturated carbocycles. The average molecular weight is 225 g/mol. The van der Waals surface area contributed by atoms with Gasteiger partial charge in [-0.2, -0.15) is 0 Å². The van der Waals surface area contributed by atoms with Gasteiger partial charge in [-0.05, 0) is 0 Å². The van der Waals surface area contributed by atoms with E-state index >= 15 is 0 Å². The smallest absolute Gasteiger partial charge is 0 e.